The summed E-state index contributed by atoms with van der Waals surface area (Å²) in [5.74, 6) is -3.43. The molecule has 2 bridgehead atoms. The SMILES string of the molecule is C.Cc1cc(C(=O)N2C=C(C(=O)OC(C)CO)c3[nH]c4ncccc4c3C(C)(C)C2)ccc1F.Cc1cc(C(=O)N2C=C(C(=O)OC34CC(C3)C4)c3[nH]c4ncccc4c3C(C)(C)C2)ccc1F.Cc1cc(C(=O)N2C=C(C(=O)OCC(O)CO)c3[nH]c4ncccc4c3C(C)(C)C2)ccc1F. The molecule has 3 aliphatic heterocycles. The van der Waals surface area contributed by atoms with Gasteiger partial charge >= 0.3 is 17.9 Å². The summed E-state index contributed by atoms with van der Waals surface area (Å²) in [6.07, 6.45) is 10.3. The minimum atomic E-state index is -1.23. The standard InChI is InChI=1S/C27H26FN3O3.C25H26FN3O5.C25H26FN3O4.CH4/c1-15-9-17(6-7-20(15)28)24(32)31-13-19(25(33)34-27-10-16(11-27)12-27)22-21(26(2,3)14-31)18-5-4-8-29-23(18)30-22;1-14-9-15(6-7-19(14)26)23(32)29-10-18(24(33)34-12-16(31)11-30)21-20(25(2,3)13-29)17-5-4-8-27-22(17)28-21;1-14-10-16(7-8-19(14)26)23(31)29-11-18(24(32)33-15(2)12-30)21-20(25(3,4)13-29)17-6-5-9-27-22(17)28-21;/h4-9,13,16H,10-12,14H2,1-3H3,(H,29,30);4-10,16,30-31H,11-13H2,1-3H3,(H,27,28);5-11,15,30H,12-13H2,1-4H3,(H,27,28);1H4. The number of hydrogen-bond donors (Lipinski definition) is 6. The van der Waals surface area contributed by atoms with Crippen LogP contribution in [0.3, 0.4) is 0 Å². The molecule has 6 aromatic heterocycles. The summed E-state index contributed by atoms with van der Waals surface area (Å²) >= 11 is 0. The third-order valence-corrected chi connectivity index (χ3v) is 19.2. The number of carbonyl (C=O) groups excluding carboxylic acids is 6. The maximum Gasteiger partial charge on any atom is 0.342 e. The minimum Gasteiger partial charge on any atom is -0.459 e. The molecule has 9 heterocycles. The number of amides is 3. The van der Waals surface area contributed by atoms with Crippen molar-refractivity contribution in [3.05, 3.63) is 213 Å². The maximum absolute atomic E-state index is 13.8. The van der Waals surface area contributed by atoms with E-state index in [0.717, 1.165) is 52.1 Å². The summed E-state index contributed by atoms with van der Waals surface area (Å²) < 4.78 is 58.0. The number of aromatic nitrogens is 6. The third-order valence-electron chi connectivity index (χ3n) is 19.2. The van der Waals surface area contributed by atoms with Crippen molar-refractivity contribution in [2.24, 2.45) is 5.92 Å². The Morgan fingerprint density at radius 1 is 0.529 bits per heavy atom. The molecule has 0 spiro atoms. The lowest BCUT2D eigenvalue weighted by atomic mass is 9.52. The number of halogens is 3. The molecule has 2 atom stereocenters. The molecule has 3 fully saturated rings. The predicted molar refractivity (Wildman–Crippen MR) is 377 cm³/mol. The van der Waals surface area contributed by atoms with Gasteiger partial charge in [0.25, 0.3) is 17.7 Å². The van der Waals surface area contributed by atoms with Gasteiger partial charge in [-0.25, -0.2) is 42.5 Å². The van der Waals surface area contributed by atoms with Crippen LogP contribution in [0.4, 0.5) is 13.2 Å². The number of esters is 3. The molecule has 6 N–H and O–H groups in total. The van der Waals surface area contributed by atoms with Gasteiger partial charge in [0.2, 0.25) is 0 Å². The van der Waals surface area contributed by atoms with E-state index in [1.807, 2.05) is 71.9 Å². The fourth-order valence-corrected chi connectivity index (χ4v) is 14.1. The van der Waals surface area contributed by atoms with E-state index < -0.39 is 77.1 Å². The van der Waals surface area contributed by atoms with Crippen molar-refractivity contribution in [2.45, 2.75) is 130 Å². The second-order valence-corrected chi connectivity index (χ2v) is 28.7. The number of rotatable bonds is 12. The van der Waals surface area contributed by atoms with Crippen LogP contribution in [0.1, 0.15) is 157 Å². The molecule has 15 rings (SSSR count). The summed E-state index contributed by atoms with van der Waals surface area (Å²) in [7, 11) is 0. The molecular formula is C78H82F3N9O12. The summed E-state index contributed by atoms with van der Waals surface area (Å²) in [4.78, 5) is 108. The number of aliphatic hydroxyl groups is 3. The van der Waals surface area contributed by atoms with Gasteiger partial charge in [-0.05, 0) is 177 Å². The monoisotopic (exact) mass is 1390 g/mol. The highest BCUT2D eigenvalue weighted by molar-refractivity contribution is 6.20. The van der Waals surface area contributed by atoms with Crippen LogP contribution in [0, 0.1) is 44.1 Å². The molecule has 3 aliphatic carbocycles. The lowest BCUT2D eigenvalue weighted by molar-refractivity contribution is -0.219. The lowest BCUT2D eigenvalue weighted by Crippen LogP contribution is -2.60. The van der Waals surface area contributed by atoms with Crippen LogP contribution in [-0.2, 0) is 44.8 Å². The first kappa shape index (κ1) is 72.7. The van der Waals surface area contributed by atoms with E-state index in [2.05, 4.69) is 29.9 Å². The minimum absolute atomic E-state index is 0. The first-order chi connectivity index (χ1) is 47.9. The van der Waals surface area contributed by atoms with E-state index in [0.29, 0.717) is 79.9 Å². The highest BCUT2D eigenvalue weighted by Gasteiger charge is 2.60. The molecule has 3 saturated carbocycles. The molecule has 0 radical (unpaired) electrons. The van der Waals surface area contributed by atoms with E-state index in [1.165, 1.54) is 70.7 Å². The highest BCUT2D eigenvalue weighted by atomic mass is 19.1. The van der Waals surface area contributed by atoms with E-state index in [-0.39, 0.29) is 67.1 Å². The van der Waals surface area contributed by atoms with Gasteiger partial charge in [0, 0.05) is 106 Å². The zero-order chi connectivity index (χ0) is 72.4. The smallest absolute Gasteiger partial charge is 0.342 e. The van der Waals surface area contributed by atoms with Crippen molar-refractivity contribution < 1.29 is 71.5 Å². The Morgan fingerprint density at radius 2 is 0.873 bits per heavy atom. The molecule has 102 heavy (non-hydrogen) atoms. The average molecular weight is 1390 g/mol. The quantitative estimate of drug-likeness (QED) is 0.0490. The van der Waals surface area contributed by atoms with Gasteiger partial charge < -0.3 is 59.2 Å². The van der Waals surface area contributed by atoms with Crippen molar-refractivity contribution in [3.63, 3.8) is 0 Å². The number of nitrogens with zero attached hydrogens (tertiary/aromatic N) is 6. The summed E-state index contributed by atoms with van der Waals surface area (Å²) in [6, 6.07) is 23.9. The first-order valence-corrected chi connectivity index (χ1v) is 33.2. The van der Waals surface area contributed by atoms with Crippen LogP contribution in [-0.4, -0.2) is 153 Å². The maximum atomic E-state index is 13.8. The topological polar surface area (TPSA) is 287 Å². The average Bonchev–Trinajstić information content (AvgIpc) is 1.18. The Kier molecular flexibility index (Phi) is 20.0. The van der Waals surface area contributed by atoms with Crippen LogP contribution in [0.5, 0.6) is 0 Å². The van der Waals surface area contributed by atoms with E-state index in [4.69, 9.17) is 19.3 Å². The van der Waals surface area contributed by atoms with E-state index >= 15 is 0 Å². The fourth-order valence-electron chi connectivity index (χ4n) is 14.1. The number of aryl methyl sites for hydroxylation is 3. The number of aliphatic hydroxyl groups excluding tert-OH is 3. The van der Waals surface area contributed by atoms with Crippen molar-refractivity contribution in [1.82, 2.24) is 44.6 Å². The Hall–Kier alpha value is -10.6. The number of fused-ring (bicyclic) bond motifs is 9. The summed E-state index contributed by atoms with van der Waals surface area (Å²) in [5, 5.41) is 30.6. The molecule has 9 aromatic rings. The second kappa shape index (κ2) is 28.1. The third kappa shape index (κ3) is 14.0. The Balaban J connectivity index is 0.000000153. The largest absolute Gasteiger partial charge is 0.459 e. The fraction of sp³-hybridized carbons (Fsp3) is 0.346. The molecule has 3 aromatic carbocycles. The van der Waals surface area contributed by atoms with Crippen LogP contribution < -0.4 is 0 Å². The van der Waals surface area contributed by atoms with Gasteiger partial charge in [-0.15, -0.1) is 0 Å². The molecule has 2 unspecified atom stereocenters. The molecule has 532 valence electrons. The summed E-state index contributed by atoms with van der Waals surface area (Å²) in [5.41, 5.74) is 6.69. The highest BCUT2D eigenvalue weighted by Crippen LogP contribution is 2.60. The molecule has 6 aliphatic rings. The van der Waals surface area contributed by atoms with Gasteiger partial charge in [0.15, 0.2) is 0 Å². The Bertz CT molecular complexity index is 4930. The van der Waals surface area contributed by atoms with Crippen LogP contribution in [0.2, 0.25) is 0 Å². The van der Waals surface area contributed by atoms with Gasteiger partial charge in [0.05, 0.1) is 47.0 Å². The van der Waals surface area contributed by atoms with E-state index in [1.54, 1.807) is 69.5 Å². The van der Waals surface area contributed by atoms with Crippen molar-refractivity contribution in [2.75, 3.05) is 39.5 Å². The molecule has 0 saturated heterocycles. The number of carbonyl (C=O) groups is 6. The number of nitrogens with one attached hydrogen (secondary N) is 3. The van der Waals surface area contributed by atoms with Crippen LogP contribution >= 0.6 is 0 Å². The van der Waals surface area contributed by atoms with Gasteiger partial charge in [-0.2, -0.15) is 0 Å². The number of pyridine rings is 3. The molecule has 21 nitrogen and oxygen atoms in total. The Labute approximate surface area is 587 Å². The van der Waals surface area contributed by atoms with Gasteiger partial charge in [0.1, 0.15) is 58.8 Å². The number of benzene rings is 3. The zero-order valence-corrected chi connectivity index (χ0v) is 57.6. The lowest BCUT2D eigenvalue weighted by Gasteiger charge is -2.59. The Morgan fingerprint density at radius 3 is 1.19 bits per heavy atom. The second-order valence-electron chi connectivity index (χ2n) is 28.7. The molecule has 24 heteroatoms. The first-order valence-electron chi connectivity index (χ1n) is 33.2. The number of aromatic amines is 3. The normalized spacial score (nSPS) is 18.6. The molecule has 3 amide bonds. The predicted octanol–water partition coefficient (Wildman–Crippen LogP) is 11.9. The van der Waals surface area contributed by atoms with E-state index in [9.17, 15) is 52.2 Å². The van der Waals surface area contributed by atoms with Crippen LogP contribution in [0.25, 0.3) is 49.8 Å². The summed E-state index contributed by atoms with van der Waals surface area (Å²) in [6.45, 7) is 17.9. The van der Waals surface area contributed by atoms with Crippen LogP contribution in [0.15, 0.2) is 128 Å². The zero-order valence-electron chi connectivity index (χ0n) is 57.6. The van der Waals surface area contributed by atoms with Gasteiger partial charge in [-0.1, -0.05) is 49.0 Å². The van der Waals surface area contributed by atoms with Crippen molar-refractivity contribution in [1.29, 1.82) is 0 Å². The number of ether oxygens (including phenoxy) is 3. The van der Waals surface area contributed by atoms with Crippen molar-refractivity contribution in [3.8, 4) is 0 Å². The number of H-pyrrole nitrogens is 3. The molecular weight excluding hydrogens is 1310 g/mol. The van der Waals surface area contributed by atoms with Gasteiger partial charge in [-0.3, -0.25) is 14.4 Å². The van der Waals surface area contributed by atoms with Crippen molar-refractivity contribution >= 4 is 85.4 Å². The number of hydrogen-bond acceptors (Lipinski definition) is 15.